The second-order valence-corrected chi connectivity index (χ2v) is 4.78. The third kappa shape index (κ3) is 3.07. The van der Waals surface area contributed by atoms with E-state index in [2.05, 4.69) is 15.3 Å². The quantitative estimate of drug-likeness (QED) is 0.662. The number of anilines is 1. The standard InChI is InChI=1S/C12H20N4OS/c1-3-5-12(6-4-2,9(13)18)10(17)16-11-14-7-8-15-11/h7-8H,3-6H2,1-2H3,(H2,13,18)(H2,14,15,16,17). The second-order valence-electron chi connectivity index (χ2n) is 4.34. The van der Waals surface area contributed by atoms with Crippen LogP contribution in [0.4, 0.5) is 5.95 Å². The highest BCUT2D eigenvalue weighted by Crippen LogP contribution is 2.31. The highest BCUT2D eigenvalue weighted by Gasteiger charge is 2.40. The van der Waals surface area contributed by atoms with Gasteiger partial charge in [-0.2, -0.15) is 0 Å². The number of amides is 1. The summed E-state index contributed by atoms with van der Waals surface area (Å²) < 4.78 is 0. The lowest BCUT2D eigenvalue weighted by Crippen LogP contribution is -2.46. The van der Waals surface area contributed by atoms with Crippen molar-refractivity contribution >= 4 is 29.1 Å². The van der Waals surface area contributed by atoms with E-state index in [1.54, 1.807) is 12.4 Å². The number of imidazole rings is 1. The van der Waals surface area contributed by atoms with Gasteiger partial charge in [-0.25, -0.2) is 4.98 Å². The molecule has 1 aromatic heterocycles. The molecule has 0 radical (unpaired) electrons. The van der Waals surface area contributed by atoms with Crippen LogP contribution in [0.1, 0.15) is 39.5 Å². The van der Waals surface area contributed by atoms with Crippen molar-refractivity contribution in [2.75, 3.05) is 5.32 Å². The minimum Gasteiger partial charge on any atom is -0.392 e. The van der Waals surface area contributed by atoms with E-state index in [9.17, 15) is 4.79 Å². The van der Waals surface area contributed by atoms with Crippen LogP contribution in [-0.2, 0) is 4.79 Å². The van der Waals surface area contributed by atoms with Gasteiger partial charge in [0, 0.05) is 12.4 Å². The van der Waals surface area contributed by atoms with Crippen molar-refractivity contribution in [3.05, 3.63) is 12.4 Å². The fraction of sp³-hybridized carbons (Fsp3) is 0.583. The molecule has 1 aromatic rings. The van der Waals surface area contributed by atoms with Gasteiger partial charge in [-0.15, -0.1) is 0 Å². The molecule has 1 heterocycles. The van der Waals surface area contributed by atoms with E-state index >= 15 is 0 Å². The van der Waals surface area contributed by atoms with Gasteiger partial charge >= 0.3 is 0 Å². The minimum absolute atomic E-state index is 0.173. The normalized spacial score (nSPS) is 11.2. The Balaban J connectivity index is 2.93. The summed E-state index contributed by atoms with van der Waals surface area (Å²) >= 11 is 5.12. The van der Waals surface area contributed by atoms with E-state index in [4.69, 9.17) is 18.0 Å². The van der Waals surface area contributed by atoms with Gasteiger partial charge in [0.25, 0.3) is 0 Å². The Bertz CT molecular complexity index is 396. The molecule has 0 spiro atoms. The Labute approximate surface area is 113 Å². The van der Waals surface area contributed by atoms with Crippen molar-refractivity contribution in [3.63, 3.8) is 0 Å². The first-order valence-corrected chi connectivity index (χ1v) is 6.58. The maximum atomic E-state index is 12.4. The monoisotopic (exact) mass is 268 g/mol. The number of nitrogens with two attached hydrogens (primary N) is 1. The molecule has 4 N–H and O–H groups in total. The maximum Gasteiger partial charge on any atom is 0.239 e. The molecule has 0 saturated heterocycles. The smallest absolute Gasteiger partial charge is 0.239 e. The van der Waals surface area contributed by atoms with Crippen LogP contribution in [0, 0.1) is 5.41 Å². The fourth-order valence-corrected chi connectivity index (χ4v) is 2.42. The van der Waals surface area contributed by atoms with Gasteiger partial charge < -0.3 is 10.7 Å². The average molecular weight is 268 g/mol. The predicted molar refractivity (Wildman–Crippen MR) is 76.3 cm³/mol. The fourth-order valence-electron chi connectivity index (χ4n) is 2.12. The molecule has 1 amide bonds. The van der Waals surface area contributed by atoms with Crippen LogP contribution in [0.3, 0.4) is 0 Å². The largest absolute Gasteiger partial charge is 0.392 e. The number of aromatic amines is 1. The van der Waals surface area contributed by atoms with Crippen molar-refractivity contribution in [1.82, 2.24) is 9.97 Å². The number of carbonyl (C=O) groups excluding carboxylic acids is 1. The molecular weight excluding hydrogens is 248 g/mol. The number of thiocarbonyl (C=S) groups is 1. The molecule has 0 fully saturated rings. The third-order valence-electron chi connectivity index (χ3n) is 2.99. The number of aromatic nitrogens is 2. The Kier molecular flexibility index (Phi) is 5.27. The molecule has 0 saturated carbocycles. The summed E-state index contributed by atoms with van der Waals surface area (Å²) in [6.07, 6.45) is 6.24. The van der Waals surface area contributed by atoms with Crippen molar-refractivity contribution < 1.29 is 4.79 Å². The summed E-state index contributed by atoms with van der Waals surface area (Å²) in [5.74, 6) is 0.251. The molecule has 0 aliphatic heterocycles. The molecule has 0 unspecified atom stereocenters. The number of H-pyrrole nitrogens is 1. The average Bonchev–Trinajstić information content (AvgIpc) is 2.80. The zero-order chi connectivity index (χ0) is 13.6. The summed E-state index contributed by atoms with van der Waals surface area (Å²) in [6.45, 7) is 4.03. The summed E-state index contributed by atoms with van der Waals surface area (Å²) in [5, 5.41) is 2.74. The first kappa shape index (κ1) is 14.6. The number of carbonyl (C=O) groups is 1. The lowest BCUT2D eigenvalue weighted by Gasteiger charge is -2.30. The van der Waals surface area contributed by atoms with Crippen LogP contribution in [0.25, 0.3) is 0 Å². The topological polar surface area (TPSA) is 83.8 Å². The Morgan fingerprint density at radius 3 is 2.50 bits per heavy atom. The minimum atomic E-state index is -0.772. The van der Waals surface area contributed by atoms with E-state index in [0.717, 1.165) is 12.8 Å². The van der Waals surface area contributed by atoms with Gasteiger partial charge in [-0.1, -0.05) is 38.9 Å². The number of rotatable bonds is 7. The van der Waals surface area contributed by atoms with E-state index in [-0.39, 0.29) is 10.9 Å². The molecule has 0 bridgehead atoms. The van der Waals surface area contributed by atoms with E-state index in [1.807, 2.05) is 13.8 Å². The molecule has 0 atom stereocenters. The van der Waals surface area contributed by atoms with Crippen molar-refractivity contribution in [1.29, 1.82) is 0 Å². The van der Waals surface area contributed by atoms with Crippen LogP contribution in [0.5, 0.6) is 0 Å². The van der Waals surface area contributed by atoms with E-state index < -0.39 is 5.41 Å². The zero-order valence-electron chi connectivity index (χ0n) is 10.8. The van der Waals surface area contributed by atoms with Crippen LogP contribution < -0.4 is 11.1 Å². The van der Waals surface area contributed by atoms with Crippen LogP contribution >= 0.6 is 12.2 Å². The number of nitrogens with one attached hydrogen (secondary N) is 2. The summed E-state index contributed by atoms with van der Waals surface area (Å²) in [4.78, 5) is 19.5. The van der Waals surface area contributed by atoms with Gasteiger partial charge in [0.1, 0.15) is 0 Å². The first-order chi connectivity index (χ1) is 8.56. The lowest BCUT2D eigenvalue weighted by molar-refractivity contribution is -0.122. The van der Waals surface area contributed by atoms with E-state index in [1.165, 1.54) is 0 Å². The van der Waals surface area contributed by atoms with Crippen molar-refractivity contribution in [2.24, 2.45) is 11.1 Å². The molecule has 100 valence electrons. The number of nitrogens with zero attached hydrogens (tertiary/aromatic N) is 1. The van der Waals surface area contributed by atoms with Crippen molar-refractivity contribution in [3.8, 4) is 0 Å². The molecule has 0 aliphatic rings. The number of hydrogen-bond donors (Lipinski definition) is 3. The predicted octanol–water partition coefficient (Wildman–Crippen LogP) is 2.22. The van der Waals surface area contributed by atoms with Crippen LogP contribution in [-0.4, -0.2) is 20.9 Å². The zero-order valence-corrected chi connectivity index (χ0v) is 11.6. The highest BCUT2D eigenvalue weighted by atomic mass is 32.1. The van der Waals surface area contributed by atoms with Crippen LogP contribution in [0.2, 0.25) is 0 Å². The second kappa shape index (κ2) is 6.49. The molecule has 0 aromatic carbocycles. The summed E-state index contributed by atoms with van der Waals surface area (Å²) in [6, 6.07) is 0. The van der Waals surface area contributed by atoms with Gasteiger partial charge in [0.2, 0.25) is 11.9 Å². The molecule has 18 heavy (non-hydrogen) atoms. The third-order valence-corrected chi connectivity index (χ3v) is 3.38. The van der Waals surface area contributed by atoms with Gasteiger partial charge in [0.15, 0.2) is 0 Å². The van der Waals surface area contributed by atoms with Gasteiger partial charge in [0.05, 0.1) is 10.4 Å². The number of hydrogen-bond acceptors (Lipinski definition) is 3. The van der Waals surface area contributed by atoms with Gasteiger partial charge in [-0.05, 0) is 12.8 Å². The first-order valence-electron chi connectivity index (χ1n) is 6.17. The van der Waals surface area contributed by atoms with Crippen molar-refractivity contribution in [2.45, 2.75) is 39.5 Å². The SMILES string of the molecule is CCCC(CCC)(C(=O)Nc1ncc[nH]1)C(N)=S. The molecule has 1 rings (SSSR count). The van der Waals surface area contributed by atoms with E-state index in [0.29, 0.717) is 18.8 Å². The molecule has 6 heteroatoms. The summed E-state index contributed by atoms with van der Waals surface area (Å²) in [5.41, 5.74) is 5.04. The van der Waals surface area contributed by atoms with Gasteiger partial charge in [-0.3, -0.25) is 10.1 Å². The Hall–Kier alpha value is -1.43. The molecular formula is C12H20N4OS. The maximum absolute atomic E-state index is 12.4. The highest BCUT2D eigenvalue weighted by molar-refractivity contribution is 7.80. The lowest BCUT2D eigenvalue weighted by atomic mass is 9.78. The van der Waals surface area contributed by atoms with Crippen LogP contribution in [0.15, 0.2) is 12.4 Å². The summed E-state index contributed by atoms with van der Waals surface area (Å²) in [7, 11) is 0. The molecule has 0 aliphatic carbocycles. The Morgan fingerprint density at radius 2 is 2.11 bits per heavy atom. The molecule has 5 nitrogen and oxygen atoms in total. The Morgan fingerprint density at radius 1 is 1.50 bits per heavy atom.